The van der Waals surface area contributed by atoms with Crippen LogP contribution in [0, 0.1) is 0 Å². The zero-order chi connectivity index (χ0) is 15.4. The number of methoxy groups -OCH3 is 1. The Hall–Kier alpha value is -1.60. The summed E-state index contributed by atoms with van der Waals surface area (Å²) in [6, 6.07) is 5.10. The molecular formula is C14H16BrNO5. The number of hydrogen-bond acceptors (Lipinski definition) is 4. The molecule has 0 spiro atoms. The first-order valence-corrected chi connectivity index (χ1v) is 7.26. The topological polar surface area (TPSA) is 76.1 Å². The number of ether oxygens (including phenoxy) is 2. The Morgan fingerprint density at radius 3 is 2.90 bits per heavy atom. The molecule has 1 fully saturated rings. The number of halogens is 1. The summed E-state index contributed by atoms with van der Waals surface area (Å²) < 4.78 is 11.2. The lowest BCUT2D eigenvalue weighted by Gasteiger charge is -2.32. The number of hydrogen-bond donors (Lipinski definition) is 1. The van der Waals surface area contributed by atoms with E-state index >= 15 is 0 Å². The minimum Gasteiger partial charge on any atom is -0.496 e. The smallest absolute Gasteiger partial charge is 0.306 e. The second kappa shape index (κ2) is 6.91. The Kier molecular flexibility index (Phi) is 5.19. The first kappa shape index (κ1) is 15.8. The van der Waals surface area contributed by atoms with Crippen molar-refractivity contribution in [1.82, 2.24) is 4.90 Å². The lowest BCUT2D eigenvalue weighted by atomic mass is 10.1. The fourth-order valence-corrected chi connectivity index (χ4v) is 2.74. The number of amides is 1. The van der Waals surface area contributed by atoms with Crippen LogP contribution < -0.4 is 4.74 Å². The Bertz CT molecular complexity index is 548. The van der Waals surface area contributed by atoms with Crippen LogP contribution >= 0.6 is 15.9 Å². The highest BCUT2D eigenvalue weighted by molar-refractivity contribution is 9.10. The van der Waals surface area contributed by atoms with E-state index in [0.29, 0.717) is 28.9 Å². The second-order valence-electron chi connectivity index (χ2n) is 4.69. The Morgan fingerprint density at radius 2 is 2.29 bits per heavy atom. The predicted octanol–water partition coefficient (Wildman–Crippen LogP) is 1.77. The van der Waals surface area contributed by atoms with Crippen molar-refractivity contribution in [3.63, 3.8) is 0 Å². The van der Waals surface area contributed by atoms with E-state index in [4.69, 9.17) is 14.6 Å². The summed E-state index contributed by atoms with van der Waals surface area (Å²) >= 11 is 3.35. The lowest BCUT2D eigenvalue weighted by Crippen LogP contribution is -2.46. The molecule has 1 atom stereocenters. The largest absolute Gasteiger partial charge is 0.496 e. The highest BCUT2D eigenvalue weighted by Gasteiger charge is 2.26. The molecule has 0 aliphatic carbocycles. The standard InChI is InChI=1S/C14H16BrNO5/c1-20-12-3-2-9(6-11(12)15)14(19)16-4-5-21-10(8-16)7-13(17)18/h2-3,6,10H,4-5,7-8H2,1H3,(H,17,18). The number of nitrogens with zero attached hydrogens (tertiary/aromatic N) is 1. The van der Waals surface area contributed by atoms with Gasteiger partial charge in [-0.3, -0.25) is 9.59 Å². The number of benzene rings is 1. The lowest BCUT2D eigenvalue weighted by molar-refractivity contribution is -0.141. The molecule has 2 rings (SSSR count). The van der Waals surface area contributed by atoms with Crippen molar-refractivity contribution < 1.29 is 24.2 Å². The van der Waals surface area contributed by atoms with Crippen LogP contribution in [0.25, 0.3) is 0 Å². The van der Waals surface area contributed by atoms with Gasteiger partial charge in [-0.25, -0.2) is 0 Å². The highest BCUT2D eigenvalue weighted by atomic mass is 79.9. The normalized spacial score (nSPS) is 18.4. The van der Waals surface area contributed by atoms with Gasteiger partial charge in [0.15, 0.2) is 0 Å². The molecule has 1 aliphatic rings. The SMILES string of the molecule is COc1ccc(C(=O)N2CCOC(CC(=O)O)C2)cc1Br. The maximum absolute atomic E-state index is 12.4. The third-order valence-corrected chi connectivity index (χ3v) is 3.85. The van der Waals surface area contributed by atoms with E-state index in [0.717, 1.165) is 0 Å². The first-order valence-electron chi connectivity index (χ1n) is 6.47. The van der Waals surface area contributed by atoms with Gasteiger partial charge in [0.1, 0.15) is 5.75 Å². The molecule has 21 heavy (non-hydrogen) atoms. The molecule has 1 aromatic rings. The predicted molar refractivity (Wildman–Crippen MR) is 78.6 cm³/mol. The molecule has 7 heteroatoms. The van der Waals surface area contributed by atoms with E-state index in [-0.39, 0.29) is 18.9 Å². The van der Waals surface area contributed by atoms with Crippen molar-refractivity contribution in [2.75, 3.05) is 26.8 Å². The van der Waals surface area contributed by atoms with Crippen molar-refractivity contribution in [1.29, 1.82) is 0 Å². The van der Waals surface area contributed by atoms with E-state index < -0.39 is 12.1 Å². The molecule has 0 aromatic heterocycles. The zero-order valence-electron chi connectivity index (χ0n) is 11.5. The van der Waals surface area contributed by atoms with Crippen molar-refractivity contribution in [2.24, 2.45) is 0 Å². The number of carbonyl (C=O) groups excluding carboxylic acids is 1. The number of morpholine rings is 1. The Labute approximate surface area is 130 Å². The van der Waals surface area contributed by atoms with Crippen molar-refractivity contribution in [3.8, 4) is 5.75 Å². The molecular weight excluding hydrogens is 342 g/mol. The molecule has 1 aromatic carbocycles. The number of carboxylic acids is 1. The van der Waals surface area contributed by atoms with E-state index in [1.54, 1.807) is 30.2 Å². The Morgan fingerprint density at radius 1 is 1.52 bits per heavy atom. The Balaban J connectivity index is 2.08. The fourth-order valence-electron chi connectivity index (χ4n) is 2.20. The molecule has 114 valence electrons. The van der Waals surface area contributed by atoms with Gasteiger partial charge in [0.05, 0.1) is 30.7 Å². The average Bonchev–Trinajstić information content (AvgIpc) is 2.46. The first-order chi connectivity index (χ1) is 10.0. The van der Waals surface area contributed by atoms with Crippen LogP contribution in [0.1, 0.15) is 16.8 Å². The molecule has 1 amide bonds. The molecule has 1 heterocycles. The maximum atomic E-state index is 12.4. The van der Waals surface area contributed by atoms with Crippen LogP contribution in [-0.4, -0.2) is 54.8 Å². The second-order valence-corrected chi connectivity index (χ2v) is 5.55. The number of carbonyl (C=O) groups is 2. The summed E-state index contributed by atoms with van der Waals surface area (Å²) in [5.74, 6) is -0.421. The van der Waals surface area contributed by atoms with Gasteiger partial charge in [0.2, 0.25) is 0 Å². The summed E-state index contributed by atoms with van der Waals surface area (Å²) in [6.45, 7) is 1.09. The van der Waals surface area contributed by atoms with Crippen LogP contribution in [0.4, 0.5) is 0 Å². The van der Waals surface area contributed by atoms with Gasteiger partial charge in [-0.05, 0) is 34.1 Å². The van der Waals surface area contributed by atoms with Crippen LogP contribution in [0.3, 0.4) is 0 Å². The van der Waals surface area contributed by atoms with Gasteiger partial charge in [-0.1, -0.05) is 0 Å². The average molecular weight is 358 g/mol. The maximum Gasteiger partial charge on any atom is 0.306 e. The van der Waals surface area contributed by atoms with Gasteiger partial charge < -0.3 is 19.5 Å². The van der Waals surface area contributed by atoms with Crippen molar-refractivity contribution in [3.05, 3.63) is 28.2 Å². The van der Waals surface area contributed by atoms with Crippen molar-refractivity contribution >= 4 is 27.8 Å². The van der Waals surface area contributed by atoms with Gasteiger partial charge in [-0.15, -0.1) is 0 Å². The van der Waals surface area contributed by atoms with E-state index in [1.807, 2.05) is 0 Å². The molecule has 1 aliphatic heterocycles. The monoisotopic (exact) mass is 357 g/mol. The van der Waals surface area contributed by atoms with Crippen LogP contribution in [0.5, 0.6) is 5.75 Å². The van der Waals surface area contributed by atoms with Crippen molar-refractivity contribution in [2.45, 2.75) is 12.5 Å². The van der Waals surface area contributed by atoms with Crippen LogP contribution in [-0.2, 0) is 9.53 Å². The third-order valence-electron chi connectivity index (χ3n) is 3.23. The summed E-state index contributed by atoms with van der Waals surface area (Å²) in [4.78, 5) is 24.8. The zero-order valence-corrected chi connectivity index (χ0v) is 13.1. The summed E-state index contributed by atoms with van der Waals surface area (Å²) in [7, 11) is 1.56. The molecule has 0 bridgehead atoms. The molecule has 0 radical (unpaired) electrons. The molecule has 0 saturated carbocycles. The van der Waals surface area contributed by atoms with Crippen LogP contribution in [0.15, 0.2) is 22.7 Å². The summed E-state index contributed by atoms with van der Waals surface area (Å²) in [6.07, 6.45) is -0.558. The summed E-state index contributed by atoms with van der Waals surface area (Å²) in [5, 5.41) is 8.80. The van der Waals surface area contributed by atoms with Gasteiger partial charge in [0.25, 0.3) is 5.91 Å². The molecule has 1 N–H and O–H groups in total. The fraction of sp³-hybridized carbons (Fsp3) is 0.429. The highest BCUT2D eigenvalue weighted by Crippen LogP contribution is 2.26. The van der Waals surface area contributed by atoms with Gasteiger partial charge in [-0.2, -0.15) is 0 Å². The van der Waals surface area contributed by atoms with E-state index in [1.165, 1.54) is 0 Å². The molecule has 6 nitrogen and oxygen atoms in total. The minimum absolute atomic E-state index is 0.101. The summed E-state index contributed by atoms with van der Waals surface area (Å²) in [5.41, 5.74) is 0.527. The third kappa shape index (κ3) is 3.95. The number of aliphatic carboxylic acids is 1. The molecule has 1 unspecified atom stereocenters. The van der Waals surface area contributed by atoms with E-state index in [2.05, 4.69) is 15.9 Å². The van der Waals surface area contributed by atoms with Crippen LogP contribution in [0.2, 0.25) is 0 Å². The van der Waals surface area contributed by atoms with Gasteiger partial charge in [0, 0.05) is 18.7 Å². The van der Waals surface area contributed by atoms with Gasteiger partial charge >= 0.3 is 5.97 Å². The van der Waals surface area contributed by atoms with E-state index in [9.17, 15) is 9.59 Å². The molecule has 1 saturated heterocycles. The quantitative estimate of drug-likeness (QED) is 0.888. The number of carboxylic acid groups (broad SMARTS) is 1. The number of rotatable bonds is 4. The minimum atomic E-state index is -0.929.